The van der Waals surface area contributed by atoms with Gasteiger partial charge in [0.25, 0.3) is 0 Å². The van der Waals surface area contributed by atoms with E-state index in [4.69, 9.17) is 14.7 Å². The van der Waals surface area contributed by atoms with Crippen LogP contribution in [0.25, 0.3) is 70.8 Å². The summed E-state index contributed by atoms with van der Waals surface area (Å²) >= 11 is 1.83. The van der Waals surface area contributed by atoms with Crippen LogP contribution in [0.5, 0.6) is 11.5 Å². The average Bonchev–Trinajstić information content (AvgIpc) is 3.80. The molecule has 0 N–H and O–H groups in total. The zero-order valence-corrected chi connectivity index (χ0v) is 31.8. The number of hydrogen-bond donors (Lipinski definition) is 0. The predicted octanol–water partition coefficient (Wildman–Crippen LogP) is 14.1. The molecule has 0 radical (unpaired) electrons. The van der Waals surface area contributed by atoms with Crippen molar-refractivity contribution < 1.29 is 4.74 Å². The molecule has 0 amide bonds. The molecule has 3 nitrogen and oxygen atoms in total. The van der Waals surface area contributed by atoms with Gasteiger partial charge in [0.1, 0.15) is 11.5 Å². The van der Waals surface area contributed by atoms with Crippen LogP contribution < -0.4 is 4.74 Å². The summed E-state index contributed by atoms with van der Waals surface area (Å²) in [6, 6.07) is 60.8. The monoisotopic (exact) mass is 746 g/mol. The predicted molar refractivity (Wildman–Crippen MR) is 235 cm³/mol. The van der Waals surface area contributed by atoms with Gasteiger partial charge in [-0.1, -0.05) is 158 Å². The number of rotatable bonds is 4. The molecule has 3 aliphatic rings. The first-order valence-corrected chi connectivity index (χ1v) is 20.4. The molecule has 7 aromatic carbocycles. The summed E-state index contributed by atoms with van der Waals surface area (Å²) in [6.07, 6.45) is 6.71. The first-order chi connectivity index (χ1) is 28.2. The summed E-state index contributed by atoms with van der Waals surface area (Å²) in [5.74, 6) is 2.53. The second kappa shape index (κ2) is 12.6. The van der Waals surface area contributed by atoms with Crippen molar-refractivity contribution in [1.82, 2.24) is 9.97 Å². The van der Waals surface area contributed by atoms with Crippen molar-refractivity contribution in [2.24, 2.45) is 0 Å². The van der Waals surface area contributed by atoms with Crippen LogP contribution in [-0.4, -0.2) is 9.97 Å². The van der Waals surface area contributed by atoms with Gasteiger partial charge in [0.2, 0.25) is 0 Å². The van der Waals surface area contributed by atoms with Gasteiger partial charge < -0.3 is 4.74 Å². The molecule has 1 aliphatic heterocycles. The zero-order valence-electron chi connectivity index (χ0n) is 30.9. The van der Waals surface area contributed by atoms with Crippen molar-refractivity contribution in [3.63, 3.8) is 0 Å². The normalized spacial score (nSPS) is 16.4. The van der Waals surface area contributed by atoms with Crippen LogP contribution in [0.4, 0.5) is 0 Å². The van der Waals surface area contributed by atoms with E-state index in [0.29, 0.717) is 5.82 Å². The highest BCUT2D eigenvalue weighted by molar-refractivity contribution is 7.25. The number of fused-ring (bicyclic) bond motifs is 11. The van der Waals surface area contributed by atoms with Gasteiger partial charge in [0.05, 0.1) is 16.8 Å². The molecule has 3 heterocycles. The van der Waals surface area contributed by atoms with Crippen LogP contribution in [-0.2, 0) is 5.41 Å². The quantitative estimate of drug-likeness (QED) is 0.180. The number of ether oxygens (including phenoxy) is 1. The fourth-order valence-corrected chi connectivity index (χ4v) is 10.7. The van der Waals surface area contributed by atoms with Crippen LogP contribution in [0.2, 0.25) is 0 Å². The minimum Gasteiger partial charge on any atom is -0.456 e. The number of nitrogens with zero attached hydrogens (tertiary/aromatic N) is 2. The largest absolute Gasteiger partial charge is 0.456 e. The lowest BCUT2D eigenvalue weighted by Crippen LogP contribution is -2.33. The molecule has 0 fully saturated rings. The Morgan fingerprint density at radius 2 is 1.19 bits per heavy atom. The van der Waals surface area contributed by atoms with E-state index in [-0.39, 0.29) is 0 Å². The minimum atomic E-state index is -0.419. The Morgan fingerprint density at radius 3 is 2.09 bits per heavy atom. The highest BCUT2D eigenvalue weighted by Gasteiger charge is 2.52. The Hall–Kier alpha value is -6.88. The number of allylic oxidation sites excluding steroid dienone is 4. The number of para-hydroxylation sites is 2. The molecule has 1 spiro atoms. The van der Waals surface area contributed by atoms with Gasteiger partial charge in [-0.2, -0.15) is 0 Å². The Labute approximate surface area is 334 Å². The standard InChI is InChI=1S/C53H34N2OS/c1-2-13-34(14-3-1)46-32-47(36-29-30-41-40-17-6-11-24-49(40)57-50(41)31-36)55-52(54-46)35-27-25-33(26-28-35)37-18-12-22-45-51(37)56-48-23-10-9-21-44(48)53(45)42-19-7-4-15-38(42)39-16-5-8-20-43(39)53/h1-7,9-19,21-32H,8,20H2. The number of benzene rings is 7. The first kappa shape index (κ1) is 32.4. The molecule has 0 saturated carbocycles. The van der Waals surface area contributed by atoms with Crippen LogP contribution >= 0.6 is 11.3 Å². The maximum Gasteiger partial charge on any atom is 0.160 e. The minimum absolute atomic E-state index is 0.419. The van der Waals surface area contributed by atoms with E-state index in [1.54, 1.807) is 0 Å². The van der Waals surface area contributed by atoms with Crippen LogP contribution in [0.15, 0.2) is 188 Å². The number of aromatic nitrogens is 2. The summed E-state index contributed by atoms with van der Waals surface area (Å²) in [5.41, 5.74) is 14.5. The van der Waals surface area contributed by atoms with E-state index in [2.05, 4.69) is 176 Å². The summed E-state index contributed by atoms with van der Waals surface area (Å²) in [5, 5.41) is 2.57. The Bertz CT molecular complexity index is 3160. The molecule has 268 valence electrons. The van der Waals surface area contributed by atoms with Crippen molar-refractivity contribution in [1.29, 1.82) is 0 Å². The number of hydrogen-bond acceptors (Lipinski definition) is 4. The Balaban J connectivity index is 0.988. The molecular formula is C53H34N2OS. The van der Waals surface area contributed by atoms with Gasteiger partial charge in [0.15, 0.2) is 5.82 Å². The highest BCUT2D eigenvalue weighted by atomic mass is 32.1. The molecule has 0 saturated heterocycles. The summed E-state index contributed by atoms with van der Waals surface area (Å²) in [4.78, 5) is 10.4. The van der Waals surface area contributed by atoms with Gasteiger partial charge in [-0.05, 0) is 64.9 Å². The fourth-order valence-electron chi connectivity index (χ4n) is 9.58. The van der Waals surface area contributed by atoms with Gasteiger partial charge in [-0.3, -0.25) is 0 Å². The maximum absolute atomic E-state index is 6.97. The van der Waals surface area contributed by atoms with Crippen LogP contribution in [0.3, 0.4) is 0 Å². The lowest BCUT2D eigenvalue weighted by Gasteiger charge is -2.41. The molecule has 4 heteroatoms. The van der Waals surface area contributed by atoms with Crippen LogP contribution in [0.1, 0.15) is 35.1 Å². The molecule has 12 rings (SSSR count). The SMILES string of the molecule is C1=CC2=C(CC1)C1(c3ccccc3Oc3c(-c4ccc(-c5nc(-c6ccccc6)cc(-c6ccc7c(c6)sc6ccccc67)n5)cc4)cccc31)c1ccccc12. The lowest BCUT2D eigenvalue weighted by molar-refractivity contribution is 0.433. The van der Waals surface area contributed by atoms with E-state index in [1.807, 2.05) is 17.4 Å². The summed E-state index contributed by atoms with van der Waals surface area (Å²) in [6.45, 7) is 0. The molecule has 2 aliphatic carbocycles. The molecule has 57 heavy (non-hydrogen) atoms. The van der Waals surface area contributed by atoms with Crippen molar-refractivity contribution in [2.75, 3.05) is 0 Å². The first-order valence-electron chi connectivity index (χ1n) is 19.6. The molecule has 1 atom stereocenters. The third-order valence-corrected chi connectivity index (χ3v) is 13.2. The molecule has 1 unspecified atom stereocenters. The summed E-state index contributed by atoms with van der Waals surface area (Å²) in [7, 11) is 0. The smallest absolute Gasteiger partial charge is 0.160 e. The van der Waals surface area contributed by atoms with Crippen LogP contribution in [0, 0.1) is 0 Å². The third-order valence-electron chi connectivity index (χ3n) is 12.1. The topological polar surface area (TPSA) is 35.0 Å². The van der Waals surface area contributed by atoms with E-state index >= 15 is 0 Å². The van der Waals surface area contributed by atoms with Gasteiger partial charge in [-0.15, -0.1) is 11.3 Å². The lowest BCUT2D eigenvalue weighted by atomic mass is 9.63. The summed E-state index contributed by atoms with van der Waals surface area (Å²) < 4.78 is 9.52. The van der Waals surface area contributed by atoms with E-state index in [0.717, 1.165) is 63.5 Å². The number of thiophene rings is 1. The molecular weight excluding hydrogens is 713 g/mol. The Morgan fingerprint density at radius 1 is 0.509 bits per heavy atom. The fraction of sp³-hybridized carbons (Fsp3) is 0.0566. The highest BCUT2D eigenvalue weighted by Crippen LogP contribution is 2.63. The molecule has 9 aromatic rings. The van der Waals surface area contributed by atoms with Crippen molar-refractivity contribution in [3.05, 3.63) is 210 Å². The van der Waals surface area contributed by atoms with Gasteiger partial charge >= 0.3 is 0 Å². The van der Waals surface area contributed by atoms with E-state index < -0.39 is 5.41 Å². The second-order valence-corrected chi connectivity index (χ2v) is 16.2. The van der Waals surface area contributed by atoms with E-state index in [1.165, 1.54) is 53.6 Å². The van der Waals surface area contributed by atoms with Crippen molar-refractivity contribution in [3.8, 4) is 56.5 Å². The molecule has 2 aromatic heterocycles. The van der Waals surface area contributed by atoms with E-state index in [9.17, 15) is 0 Å². The van der Waals surface area contributed by atoms with Crippen molar-refractivity contribution >= 4 is 37.1 Å². The second-order valence-electron chi connectivity index (χ2n) is 15.1. The van der Waals surface area contributed by atoms with Gasteiger partial charge in [-0.25, -0.2) is 9.97 Å². The molecule has 0 bridgehead atoms. The maximum atomic E-state index is 6.97. The van der Waals surface area contributed by atoms with Gasteiger partial charge in [0, 0.05) is 53.6 Å². The van der Waals surface area contributed by atoms with Crippen molar-refractivity contribution in [2.45, 2.75) is 18.3 Å². The Kier molecular flexibility index (Phi) is 7.14. The average molecular weight is 747 g/mol. The third kappa shape index (κ3) is 4.84. The zero-order chi connectivity index (χ0) is 37.5.